The van der Waals surface area contributed by atoms with E-state index >= 15 is 0 Å². The minimum Gasteiger partial charge on any atom is -0.154 e. The summed E-state index contributed by atoms with van der Waals surface area (Å²) >= 11 is 1.86. The number of hydrogen-bond acceptors (Lipinski definition) is 1. The van der Waals surface area contributed by atoms with Gasteiger partial charge in [0.25, 0.3) is 0 Å². The lowest BCUT2D eigenvalue weighted by atomic mass is 10.5. The van der Waals surface area contributed by atoms with Crippen molar-refractivity contribution in [3.05, 3.63) is 49.6 Å². The monoisotopic (exact) mass is 166 g/mol. The molecule has 0 saturated heterocycles. The average Bonchev–Trinajstić information content (AvgIpc) is 2.03. The zero-order valence-corrected chi connectivity index (χ0v) is 7.52. The minimum atomic E-state index is 1.05. The summed E-state index contributed by atoms with van der Waals surface area (Å²) in [6, 6.07) is 0. The van der Waals surface area contributed by atoms with E-state index in [-0.39, 0.29) is 0 Å². The Labute approximate surface area is 73.4 Å². The largest absolute Gasteiger partial charge is 0.154 e. The molecular weight excluding hydrogens is 152 g/mol. The summed E-state index contributed by atoms with van der Waals surface area (Å²) in [5.74, 6) is 2.10. The zero-order chi connectivity index (χ0) is 8.36. The Kier molecular flexibility index (Phi) is 8.73. The van der Waals surface area contributed by atoms with Crippen LogP contribution in [0.5, 0.6) is 0 Å². The summed E-state index contributed by atoms with van der Waals surface area (Å²) in [5.41, 5.74) is 0. The van der Waals surface area contributed by atoms with Crippen LogP contribution in [0.15, 0.2) is 49.6 Å². The van der Waals surface area contributed by atoms with E-state index in [9.17, 15) is 0 Å². The summed E-state index contributed by atoms with van der Waals surface area (Å²) < 4.78 is 0. The van der Waals surface area contributed by atoms with Crippen molar-refractivity contribution in [2.75, 3.05) is 11.5 Å². The number of allylic oxidation sites excluding steroid dienone is 4. The van der Waals surface area contributed by atoms with Crippen molar-refractivity contribution in [2.24, 2.45) is 0 Å². The van der Waals surface area contributed by atoms with E-state index in [0.717, 1.165) is 11.5 Å². The van der Waals surface area contributed by atoms with E-state index in [4.69, 9.17) is 0 Å². The first-order chi connectivity index (χ1) is 5.41. The maximum atomic E-state index is 3.58. The molecule has 0 heterocycles. The Morgan fingerprint density at radius 2 is 1.36 bits per heavy atom. The van der Waals surface area contributed by atoms with Crippen molar-refractivity contribution >= 4 is 11.8 Å². The van der Waals surface area contributed by atoms with E-state index in [1.165, 1.54) is 0 Å². The third kappa shape index (κ3) is 9.31. The smallest absolute Gasteiger partial charge is 0.0119 e. The molecule has 0 rings (SSSR count). The molecule has 0 N–H and O–H groups in total. The van der Waals surface area contributed by atoms with Crippen LogP contribution in [-0.2, 0) is 0 Å². The van der Waals surface area contributed by atoms with Crippen LogP contribution in [-0.4, -0.2) is 11.5 Å². The van der Waals surface area contributed by atoms with Crippen molar-refractivity contribution < 1.29 is 0 Å². The molecule has 0 saturated carbocycles. The maximum absolute atomic E-state index is 3.58. The van der Waals surface area contributed by atoms with E-state index in [1.807, 2.05) is 23.9 Å². The molecule has 0 aromatic rings. The molecule has 0 spiro atoms. The average molecular weight is 166 g/mol. The fraction of sp³-hybridized carbons (Fsp3) is 0.200. The van der Waals surface area contributed by atoms with Crippen LogP contribution in [0.25, 0.3) is 0 Å². The van der Waals surface area contributed by atoms with Crippen LogP contribution >= 0.6 is 11.8 Å². The Balaban J connectivity index is 3.14. The summed E-state index contributed by atoms with van der Waals surface area (Å²) in [6.45, 7) is 7.17. The highest BCUT2D eigenvalue weighted by atomic mass is 32.2. The molecule has 0 aromatic heterocycles. The van der Waals surface area contributed by atoms with Gasteiger partial charge in [0.05, 0.1) is 0 Å². The van der Waals surface area contributed by atoms with Crippen LogP contribution in [0.2, 0.25) is 0 Å². The van der Waals surface area contributed by atoms with Crippen molar-refractivity contribution in [2.45, 2.75) is 0 Å². The first-order valence-electron chi connectivity index (χ1n) is 3.54. The van der Waals surface area contributed by atoms with Gasteiger partial charge in [-0.25, -0.2) is 0 Å². The molecular formula is C10H14S. The van der Waals surface area contributed by atoms with E-state index < -0.39 is 0 Å². The molecule has 0 fully saturated rings. The van der Waals surface area contributed by atoms with Gasteiger partial charge in [-0.2, -0.15) is 11.8 Å². The van der Waals surface area contributed by atoms with Gasteiger partial charge in [0.15, 0.2) is 0 Å². The maximum Gasteiger partial charge on any atom is 0.0119 e. The van der Waals surface area contributed by atoms with Gasteiger partial charge < -0.3 is 0 Å². The highest BCUT2D eigenvalue weighted by Gasteiger charge is 1.77. The third-order valence-electron chi connectivity index (χ3n) is 0.972. The quantitative estimate of drug-likeness (QED) is 0.431. The first kappa shape index (κ1) is 10.3. The Hall–Kier alpha value is -0.690. The lowest BCUT2D eigenvalue weighted by molar-refractivity contribution is 1.70. The highest BCUT2D eigenvalue weighted by Crippen LogP contribution is 2.00. The third-order valence-corrected chi connectivity index (χ3v) is 1.83. The van der Waals surface area contributed by atoms with Crippen LogP contribution < -0.4 is 0 Å². The Bertz CT molecular complexity index is 136. The fourth-order valence-electron chi connectivity index (χ4n) is 0.508. The van der Waals surface area contributed by atoms with Gasteiger partial charge in [0, 0.05) is 11.5 Å². The SMILES string of the molecule is C=CC=CCSCC=CC=C. The van der Waals surface area contributed by atoms with Gasteiger partial charge in [0.1, 0.15) is 0 Å². The second kappa shape index (κ2) is 9.31. The number of thioether (sulfide) groups is 1. The second-order valence-corrected chi connectivity index (χ2v) is 2.94. The Morgan fingerprint density at radius 1 is 0.909 bits per heavy atom. The topological polar surface area (TPSA) is 0 Å². The van der Waals surface area contributed by atoms with E-state index in [1.54, 1.807) is 12.2 Å². The van der Waals surface area contributed by atoms with Gasteiger partial charge >= 0.3 is 0 Å². The van der Waals surface area contributed by atoms with Crippen molar-refractivity contribution in [1.29, 1.82) is 0 Å². The van der Waals surface area contributed by atoms with Crippen LogP contribution in [0, 0.1) is 0 Å². The zero-order valence-electron chi connectivity index (χ0n) is 6.70. The van der Waals surface area contributed by atoms with Gasteiger partial charge in [-0.3, -0.25) is 0 Å². The van der Waals surface area contributed by atoms with Crippen LogP contribution in [0.4, 0.5) is 0 Å². The Morgan fingerprint density at radius 3 is 1.73 bits per heavy atom. The predicted octanol–water partition coefficient (Wildman–Crippen LogP) is 3.20. The molecule has 1 heteroatoms. The lowest BCUT2D eigenvalue weighted by Gasteiger charge is -1.88. The second-order valence-electron chi connectivity index (χ2n) is 1.87. The molecule has 0 unspecified atom stereocenters. The van der Waals surface area contributed by atoms with Gasteiger partial charge in [0.2, 0.25) is 0 Å². The fourth-order valence-corrected chi connectivity index (χ4v) is 1.14. The summed E-state index contributed by atoms with van der Waals surface area (Å²) in [5, 5.41) is 0. The van der Waals surface area contributed by atoms with Crippen molar-refractivity contribution in [3.63, 3.8) is 0 Å². The highest BCUT2D eigenvalue weighted by molar-refractivity contribution is 7.99. The molecule has 0 atom stereocenters. The summed E-state index contributed by atoms with van der Waals surface area (Å²) in [4.78, 5) is 0. The van der Waals surface area contributed by atoms with Crippen molar-refractivity contribution in [1.82, 2.24) is 0 Å². The molecule has 0 aliphatic carbocycles. The molecule has 0 amide bonds. The molecule has 0 nitrogen and oxygen atoms in total. The summed E-state index contributed by atoms with van der Waals surface area (Å²) in [7, 11) is 0. The lowest BCUT2D eigenvalue weighted by Crippen LogP contribution is -1.72. The number of hydrogen-bond donors (Lipinski definition) is 0. The molecule has 11 heavy (non-hydrogen) atoms. The van der Waals surface area contributed by atoms with Crippen molar-refractivity contribution in [3.8, 4) is 0 Å². The normalized spacial score (nSPS) is 10.9. The van der Waals surface area contributed by atoms with Gasteiger partial charge in [-0.15, -0.1) is 0 Å². The molecule has 0 aromatic carbocycles. The molecule has 60 valence electrons. The van der Waals surface area contributed by atoms with E-state index in [0.29, 0.717) is 0 Å². The van der Waals surface area contributed by atoms with Crippen LogP contribution in [0.3, 0.4) is 0 Å². The standard InChI is InChI=1S/C10H14S/c1-3-5-7-9-11-10-8-6-4-2/h3-8H,1-2,9-10H2. The first-order valence-corrected chi connectivity index (χ1v) is 4.70. The number of rotatable bonds is 6. The molecule has 0 aliphatic heterocycles. The molecule has 0 aliphatic rings. The minimum absolute atomic E-state index is 1.05. The van der Waals surface area contributed by atoms with Gasteiger partial charge in [-0.05, 0) is 0 Å². The predicted molar refractivity (Wildman–Crippen MR) is 56.0 cm³/mol. The molecule has 0 bridgehead atoms. The summed E-state index contributed by atoms with van der Waals surface area (Å²) in [6.07, 6.45) is 11.7. The molecule has 0 radical (unpaired) electrons. The van der Waals surface area contributed by atoms with Crippen LogP contribution in [0.1, 0.15) is 0 Å². The van der Waals surface area contributed by atoms with Gasteiger partial charge in [-0.1, -0.05) is 49.6 Å². The van der Waals surface area contributed by atoms with E-state index in [2.05, 4.69) is 25.3 Å².